The smallest absolute Gasteiger partial charge is 0.119 e. The van der Waals surface area contributed by atoms with Crippen LogP contribution in [-0.2, 0) is 11.2 Å². The van der Waals surface area contributed by atoms with Crippen LogP contribution in [0.2, 0.25) is 0 Å². The molecule has 3 nitrogen and oxygen atoms in total. The van der Waals surface area contributed by atoms with Gasteiger partial charge < -0.3 is 14.8 Å². The summed E-state index contributed by atoms with van der Waals surface area (Å²) in [5.41, 5.74) is 1.33. The molecule has 0 aliphatic carbocycles. The highest BCUT2D eigenvalue weighted by Crippen LogP contribution is 2.19. The van der Waals surface area contributed by atoms with Gasteiger partial charge in [-0.1, -0.05) is 26.0 Å². The molecular formula is C18H31NO2. The van der Waals surface area contributed by atoms with Gasteiger partial charge in [-0.2, -0.15) is 0 Å². The molecule has 0 aliphatic heterocycles. The van der Waals surface area contributed by atoms with Crippen LogP contribution in [0.1, 0.15) is 32.8 Å². The molecule has 0 amide bonds. The molecule has 2 atom stereocenters. The molecule has 0 heterocycles. The summed E-state index contributed by atoms with van der Waals surface area (Å²) in [6.07, 6.45) is 2.41. The third kappa shape index (κ3) is 7.49. The van der Waals surface area contributed by atoms with Gasteiger partial charge in [0.1, 0.15) is 5.75 Å². The highest BCUT2D eigenvalue weighted by atomic mass is 16.5. The Bertz CT molecular complexity index is 393. The minimum atomic E-state index is 0.293. The maximum atomic E-state index is 5.44. The first-order valence-electron chi connectivity index (χ1n) is 7.91. The van der Waals surface area contributed by atoms with Gasteiger partial charge in [0.2, 0.25) is 0 Å². The molecule has 21 heavy (non-hydrogen) atoms. The summed E-state index contributed by atoms with van der Waals surface area (Å²) < 4.78 is 10.7. The Kier molecular flexibility index (Phi) is 8.40. The van der Waals surface area contributed by atoms with Crippen LogP contribution in [0.15, 0.2) is 24.3 Å². The fourth-order valence-corrected chi connectivity index (χ4v) is 2.51. The lowest BCUT2D eigenvalue weighted by Gasteiger charge is -2.22. The molecule has 120 valence electrons. The number of ether oxygens (including phenoxy) is 2. The van der Waals surface area contributed by atoms with Gasteiger partial charge in [0.15, 0.2) is 0 Å². The Balaban J connectivity index is 2.61. The number of nitrogens with one attached hydrogen (secondary N) is 1. The molecule has 0 radical (unpaired) electrons. The maximum Gasteiger partial charge on any atom is 0.119 e. The van der Waals surface area contributed by atoms with Crippen molar-refractivity contribution in [2.24, 2.45) is 11.8 Å². The molecule has 1 aromatic rings. The number of hydrogen-bond donors (Lipinski definition) is 1. The summed E-state index contributed by atoms with van der Waals surface area (Å²) in [5.74, 6) is 2.19. The zero-order valence-corrected chi connectivity index (χ0v) is 14.2. The van der Waals surface area contributed by atoms with Gasteiger partial charge in [-0.15, -0.1) is 0 Å². The highest BCUT2D eigenvalue weighted by molar-refractivity contribution is 5.28. The van der Waals surface area contributed by atoms with Crippen LogP contribution >= 0.6 is 0 Å². The molecule has 0 aliphatic rings. The summed E-state index contributed by atoms with van der Waals surface area (Å²) in [7, 11) is 3.50. The Labute approximate surface area is 130 Å². The van der Waals surface area contributed by atoms with Crippen molar-refractivity contribution in [3.8, 4) is 5.75 Å². The van der Waals surface area contributed by atoms with Crippen LogP contribution in [0.25, 0.3) is 0 Å². The molecule has 2 unspecified atom stereocenters. The zero-order chi connectivity index (χ0) is 15.7. The molecule has 0 fully saturated rings. The van der Waals surface area contributed by atoms with Gasteiger partial charge in [-0.3, -0.25) is 0 Å². The van der Waals surface area contributed by atoms with Gasteiger partial charge >= 0.3 is 0 Å². The van der Waals surface area contributed by atoms with Crippen LogP contribution in [0.4, 0.5) is 0 Å². The van der Waals surface area contributed by atoms with Crippen LogP contribution < -0.4 is 10.1 Å². The second kappa shape index (κ2) is 9.80. The average Bonchev–Trinajstić information content (AvgIpc) is 2.46. The van der Waals surface area contributed by atoms with Gasteiger partial charge in [0.05, 0.1) is 13.2 Å². The molecule has 0 saturated carbocycles. The maximum absolute atomic E-state index is 5.44. The summed E-state index contributed by atoms with van der Waals surface area (Å²) >= 11 is 0. The largest absolute Gasteiger partial charge is 0.497 e. The minimum Gasteiger partial charge on any atom is -0.497 e. The minimum absolute atomic E-state index is 0.293. The first-order chi connectivity index (χ1) is 10.0. The van der Waals surface area contributed by atoms with Crippen molar-refractivity contribution in [2.45, 2.75) is 39.7 Å². The molecule has 3 heteroatoms. The van der Waals surface area contributed by atoms with E-state index in [1.165, 1.54) is 5.56 Å². The van der Waals surface area contributed by atoms with E-state index < -0.39 is 0 Å². The van der Waals surface area contributed by atoms with E-state index in [0.717, 1.165) is 31.7 Å². The van der Waals surface area contributed by atoms with Crippen molar-refractivity contribution in [3.63, 3.8) is 0 Å². The summed E-state index contributed by atoms with van der Waals surface area (Å²) in [6.45, 7) is 8.71. The van der Waals surface area contributed by atoms with Crippen LogP contribution in [-0.4, -0.2) is 33.4 Å². The quantitative estimate of drug-likeness (QED) is 0.716. The van der Waals surface area contributed by atoms with Gasteiger partial charge in [-0.25, -0.2) is 0 Å². The van der Waals surface area contributed by atoms with Crippen molar-refractivity contribution in [3.05, 3.63) is 29.8 Å². The first kappa shape index (κ1) is 18.0. The summed E-state index contributed by atoms with van der Waals surface area (Å²) in [6, 6.07) is 8.36. The number of rotatable bonds is 10. The average molecular weight is 293 g/mol. The topological polar surface area (TPSA) is 30.5 Å². The van der Waals surface area contributed by atoms with Gasteiger partial charge in [0.25, 0.3) is 0 Å². The summed E-state index contributed by atoms with van der Waals surface area (Å²) in [5, 5.41) is 3.58. The van der Waals surface area contributed by atoms with E-state index in [1.54, 1.807) is 14.2 Å². The van der Waals surface area contributed by atoms with E-state index in [4.69, 9.17) is 9.47 Å². The van der Waals surface area contributed by atoms with Gasteiger partial charge in [0, 0.05) is 7.11 Å². The van der Waals surface area contributed by atoms with E-state index in [-0.39, 0.29) is 0 Å². The van der Waals surface area contributed by atoms with Crippen molar-refractivity contribution in [2.75, 3.05) is 27.3 Å². The van der Waals surface area contributed by atoms with Crippen molar-refractivity contribution >= 4 is 0 Å². The molecule has 1 N–H and O–H groups in total. The van der Waals surface area contributed by atoms with E-state index in [1.807, 2.05) is 6.07 Å². The van der Waals surface area contributed by atoms with Crippen molar-refractivity contribution in [1.82, 2.24) is 5.32 Å². The number of hydrogen-bond acceptors (Lipinski definition) is 3. The van der Waals surface area contributed by atoms with E-state index in [0.29, 0.717) is 17.9 Å². The van der Waals surface area contributed by atoms with Crippen molar-refractivity contribution in [1.29, 1.82) is 0 Å². The predicted molar refractivity (Wildman–Crippen MR) is 89.0 cm³/mol. The Hall–Kier alpha value is -1.06. The normalized spacial score (nSPS) is 14.2. The van der Waals surface area contributed by atoms with E-state index >= 15 is 0 Å². The predicted octanol–water partition coefficient (Wildman–Crippen LogP) is 3.52. The molecule has 1 aromatic carbocycles. The fraction of sp³-hybridized carbons (Fsp3) is 0.667. The lowest BCUT2D eigenvalue weighted by molar-refractivity contribution is 0.0945. The lowest BCUT2D eigenvalue weighted by atomic mass is 9.93. The fourth-order valence-electron chi connectivity index (χ4n) is 2.51. The van der Waals surface area contributed by atoms with Crippen LogP contribution in [0.3, 0.4) is 0 Å². The summed E-state index contributed by atoms with van der Waals surface area (Å²) in [4.78, 5) is 0. The molecule has 0 saturated heterocycles. The van der Waals surface area contributed by atoms with Crippen molar-refractivity contribution < 1.29 is 9.47 Å². The Morgan fingerprint density at radius 3 is 2.48 bits per heavy atom. The van der Waals surface area contributed by atoms with E-state index in [2.05, 4.69) is 44.3 Å². The number of benzene rings is 1. The molecular weight excluding hydrogens is 262 g/mol. The standard InChI is InChI=1S/C18H31NO2/c1-14(2)12-19-13-17(9-15(3)20-4)10-16-7-6-8-18(11-16)21-5/h6-8,11,14-15,17,19H,9-10,12-13H2,1-5H3. The second-order valence-corrected chi connectivity index (χ2v) is 6.26. The third-order valence-corrected chi connectivity index (χ3v) is 3.71. The first-order valence-corrected chi connectivity index (χ1v) is 7.91. The molecule has 0 spiro atoms. The Morgan fingerprint density at radius 1 is 1.10 bits per heavy atom. The van der Waals surface area contributed by atoms with Crippen LogP contribution in [0.5, 0.6) is 5.75 Å². The number of methoxy groups -OCH3 is 2. The van der Waals surface area contributed by atoms with Gasteiger partial charge in [-0.05, 0) is 62.4 Å². The molecule has 0 bridgehead atoms. The second-order valence-electron chi connectivity index (χ2n) is 6.26. The molecule has 1 rings (SSSR count). The SMILES string of the molecule is COc1cccc(CC(CNCC(C)C)CC(C)OC)c1. The highest BCUT2D eigenvalue weighted by Gasteiger charge is 2.14. The zero-order valence-electron chi connectivity index (χ0n) is 14.2. The monoisotopic (exact) mass is 293 g/mol. The van der Waals surface area contributed by atoms with Crippen LogP contribution in [0, 0.1) is 11.8 Å². The lowest BCUT2D eigenvalue weighted by Crippen LogP contribution is -2.29. The third-order valence-electron chi connectivity index (χ3n) is 3.71. The Morgan fingerprint density at radius 2 is 1.86 bits per heavy atom. The molecule has 0 aromatic heterocycles. The van der Waals surface area contributed by atoms with E-state index in [9.17, 15) is 0 Å².